The number of hydrogen-bond donors (Lipinski definition) is 2. The monoisotopic (exact) mass is 207 g/mol. The van der Waals surface area contributed by atoms with Crippen LogP contribution in [0.3, 0.4) is 0 Å². The molecule has 0 heterocycles. The number of carbonyl (C=O) groups excluding carboxylic acids is 1. The molecule has 0 radical (unpaired) electrons. The fraction of sp³-hybridized carbons (Fsp3) is 0.200. The number of primary amides is 1. The maximum Gasteiger partial charge on any atom is 0.239 e. The summed E-state index contributed by atoms with van der Waals surface area (Å²) in [5.74, 6) is -1.15. The van der Waals surface area contributed by atoms with E-state index in [1.807, 2.05) is 6.07 Å². The summed E-state index contributed by atoms with van der Waals surface area (Å²) in [6.07, 6.45) is 0. The smallest absolute Gasteiger partial charge is 0.239 e. The number of halogens is 1. The Hall–Kier alpha value is -2.09. The van der Waals surface area contributed by atoms with E-state index in [9.17, 15) is 9.18 Å². The Bertz CT molecular complexity index is 425. The minimum Gasteiger partial charge on any atom is -0.372 e. The second-order valence-corrected chi connectivity index (χ2v) is 3.07. The normalized spacial score (nSPS) is 11.5. The van der Waals surface area contributed by atoms with Gasteiger partial charge in [0.1, 0.15) is 11.9 Å². The van der Waals surface area contributed by atoms with Gasteiger partial charge in [-0.05, 0) is 25.1 Å². The third kappa shape index (κ3) is 2.68. The molecule has 0 aromatic heterocycles. The van der Waals surface area contributed by atoms with Crippen LogP contribution in [0, 0.1) is 17.1 Å². The van der Waals surface area contributed by atoms with Gasteiger partial charge >= 0.3 is 0 Å². The quantitative estimate of drug-likeness (QED) is 0.775. The summed E-state index contributed by atoms with van der Waals surface area (Å²) in [4.78, 5) is 10.7. The van der Waals surface area contributed by atoms with E-state index < -0.39 is 17.8 Å². The summed E-state index contributed by atoms with van der Waals surface area (Å²) in [6, 6.07) is 5.10. The average molecular weight is 207 g/mol. The predicted octanol–water partition coefficient (Wildman–Crippen LogP) is 0.983. The maximum absolute atomic E-state index is 13.3. The van der Waals surface area contributed by atoms with E-state index in [2.05, 4.69) is 5.32 Å². The van der Waals surface area contributed by atoms with Crippen LogP contribution in [-0.2, 0) is 4.79 Å². The fourth-order valence-corrected chi connectivity index (χ4v) is 1.01. The van der Waals surface area contributed by atoms with E-state index in [0.29, 0.717) is 0 Å². The van der Waals surface area contributed by atoms with Gasteiger partial charge in [-0.15, -0.1) is 0 Å². The number of nitriles is 1. The van der Waals surface area contributed by atoms with Crippen molar-refractivity contribution >= 4 is 11.6 Å². The molecule has 1 aromatic carbocycles. The van der Waals surface area contributed by atoms with Crippen LogP contribution in [-0.4, -0.2) is 11.9 Å². The van der Waals surface area contributed by atoms with Gasteiger partial charge in [-0.1, -0.05) is 0 Å². The molecule has 0 saturated heterocycles. The van der Waals surface area contributed by atoms with Crippen LogP contribution in [0.25, 0.3) is 0 Å². The molecule has 15 heavy (non-hydrogen) atoms. The second kappa shape index (κ2) is 4.42. The largest absolute Gasteiger partial charge is 0.372 e. The lowest BCUT2D eigenvalue weighted by atomic mass is 10.2. The first-order valence-corrected chi connectivity index (χ1v) is 4.30. The van der Waals surface area contributed by atoms with Crippen molar-refractivity contribution < 1.29 is 9.18 Å². The molecule has 5 heteroatoms. The Labute approximate surface area is 86.5 Å². The first-order valence-electron chi connectivity index (χ1n) is 4.30. The fourth-order valence-electron chi connectivity index (χ4n) is 1.01. The van der Waals surface area contributed by atoms with Crippen molar-refractivity contribution in [2.75, 3.05) is 5.32 Å². The molecule has 3 N–H and O–H groups in total. The minimum atomic E-state index is -0.660. The van der Waals surface area contributed by atoms with Crippen molar-refractivity contribution in [2.45, 2.75) is 13.0 Å². The third-order valence-electron chi connectivity index (χ3n) is 1.90. The van der Waals surface area contributed by atoms with E-state index >= 15 is 0 Å². The zero-order valence-corrected chi connectivity index (χ0v) is 8.12. The number of rotatable bonds is 3. The molecule has 78 valence electrons. The number of anilines is 1. The van der Waals surface area contributed by atoms with Crippen molar-refractivity contribution in [3.05, 3.63) is 29.6 Å². The number of benzene rings is 1. The standard InChI is InChI=1S/C10H10FN3O/c1-6(10(13)15)14-9-3-2-7(5-12)4-8(9)11/h2-4,6,14H,1H3,(H2,13,15). The highest BCUT2D eigenvalue weighted by Gasteiger charge is 2.10. The van der Waals surface area contributed by atoms with Crippen LogP contribution in [0.2, 0.25) is 0 Å². The van der Waals surface area contributed by atoms with Gasteiger partial charge in [0, 0.05) is 0 Å². The highest BCUT2D eigenvalue weighted by Crippen LogP contribution is 2.16. The molecule has 1 unspecified atom stereocenters. The highest BCUT2D eigenvalue weighted by molar-refractivity contribution is 5.82. The van der Waals surface area contributed by atoms with Crippen molar-refractivity contribution in [3.63, 3.8) is 0 Å². The van der Waals surface area contributed by atoms with Crippen LogP contribution < -0.4 is 11.1 Å². The van der Waals surface area contributed by atoms with Gasteiger partial charge in [0.2, 0.25) is 5.91 Å². The van der Waals surface area contributed by atoms with Crippen molar-refractivity contribution in [2.24, 2.45) is 5.73 Å². The summed E-state index contributed by atoms with van der Waals surface area (Å²) >= 11 is 0. The Morgan fingerprint density at radius 1 is 1.67 bits per heavy atom. The summed E-state index contributed by atoms with van der Waals surface area (Å²) in [7, 11) is 0. The molecule has 0 aliphatic rings. The molecular formula is C10H10FN3O. The maximum atomic E-state index is 13.3. The van der Waals surface area contributed by atoms with E-state index in [1.165, 1.54) is 19.1 Å². The third-order valence-corrected chi connectivity index (χ3v) is 1.90. The lowest BCUT2D eigenvalue weighted by molar-refractivity contribution is -0.118. The van der Waals surface area contributed by atoms with Gasteiger partial charge < -0.3 is 11.1 Å². The van der Waals surface area contributed by atoms with Gasteiger partial charge in [-0.3, -0.25) is 4.79 Å². The predicted molar refractivity (Wildman–Crippen MR) is 53.4 cm³/mol. The molecule has 1 atom stereocenters. The van der Waals surface area contributed by atoms with Crippen LogP contribution in [0.5, 0.6) is 0 Å². The molecule has 4 nitrogen and oxygen atoms in total. The molecule has 0 saturated carbocycles. The van der Waals surface area contributed by atoms with Crippen LogP contribution in [0.4, 0.5) is 10.1 Å². The van der Waals surface area contributed by atoms with Crippen LogP contribution in [0.15, 0.2) is 18.2 Å². The molecule has 0 fully saturated rings. The lowest BCUT2D eigenvalue weighted by Crippen LogP contribution is -2.32. The highest BCUT2D eigenvalue weighted by atomic mass is 19.1. The molecule has 1 amide bonds. The molecule has 0 aliphatic heterocycles. The second-order valence-electron chi connectivity index (χ2n) is 3.07. The van der Waals surface area contributed by atoms with E-state index in [-0.39, 0.29) is 11.3 Å². The summed E-state index contributed by atoms with van der Waals surface area (Å²) < 4.78 is 13.3. The Kier molecular flexibility index (Phi) is 3.24. The van der Waals surface area contributed by atoms with Crippen molar-refractivity contribution in [1.29, 1.82) is 5.26 Å². The van der Waals surface area contributed by atoms with Gasteiger partial charge in [-0.2, -0.15) is 5.26 Å². The Morgan fingerprint density at radius 3 is 2.80 bits per heavy atom. The summed E-state index contributed by atoms with van der Waals surface area (Å²) in [5.41, 5.74) is 5.39. The van der Waals surface area contributed by atoms with Crippen LogP contribution in [0.1, 0.15) is 12.5 Å². The number of nitrogens with two attached hydrogens (primary N) is 1. The van der Waals surface area contributed by atoms with Crippen molar-refractivity contribution in [1.82, 2.24) is 0 Å². The van der Waals surface area contributed by atoms with Gasteiger partial charge in [0.15, 0.2) is 0 Å². The summed E-state index contributed by atoms with van der Waals surface area (Å²) in [5, 5.41) is 11.1. The molecule has 1 aromatic rings. The van der Waals surface area contributed by atoms with Crippen molar-refractivity contribution in [3.8, 4) is 6.07 Å². The molecule has 1 rings (SSSR count). The lowest BCUT2D eigenvalue weighted by Gasteiger charge is -2.12. The van der Waals surface area contributed by atoms with Gasteiger partial charge in [0.25, 0.3) is 0 Å². The first kappa shape index (κ1) is 11.0. The topological polar surface area (TPSA) is 78.9 Å². The SMILES string of the molecule is CC(Nc1ccc(C#N)cc1F)C(N)=O. The number of nitrogens with one attached hydrogen (secondary N) is 1. The number of nitrogens with zero attached hydrogens (tertiary/aromatic N) is 1. The number of amides is 1. The number of hydrogen-bond acceptors (Lipinski definition) is 3. The van der Waals surface area contributed by atoms with Gasteiger partial charge in [0.05, 0.1) is 17.3 Å². The minimum absolute atomic E-state index is 0.153. The summed E-state index contributed by atoms with van der Waals surface area (Å²) in [6.45, 7) is 1.53. The molecule has 0 bridgehead atoms. The first-order chi connectivity index (χ1) is 7.04. The number of carbonyl (C=O) groups is 1. The average Bonchev–Trinajstić information content (AvgIpc) is 2.20. The van der Waals surface area contributed by atoms with E-state index in [0.717, 1.165) is 6.07 Å². The Balaban J connectivity index is 2.88. The van der Waals surface area contributed by atoms with E-state index in [4.69, 9.17) is 11.0 Å². The Morgan fingerprint density at radius 2 is 2.33 bits per heavy atom. The zero-order chi connectivity index (χ0) is 11.4. The van der Waals surface area contributed by atoms with E-state index in [1.54, 1.807) is 0 Å². The zero-order valence-electron chi connectivity index (χ0n) is 8.12. The van der Waals surface area contributed by atoms with Crippen LogP contribution >= 0.6 is 0 Å². The molecule has 0 aliphatic carbocycles. The molecular weight excluding hydrogens is 197 g/mol. The molecule has 0 spiro atoms. The van der Waals surface area contributed by atoms with Gasteiger partial charge in [-0.25, -0.2) is 4.39 Å².